The lowest BCUT2D eigenvalue weighted by Gasteiger charge is -2.12. The number of para-hydroxylation sites is 2. The van der Waals surface area contributed by atoms with Gasteiger partial charge in [-0.1, -0.05) is 12.1 Å². The second-order valence-corrected chi connectivity index (χ2v) is 4.39. The van der Waals surface area contributed by atoms with Crippen molar-refractivity contribution in [2.75, 3.05) is 0 Å². The zero-order valence-corrected chi connectivity index (χ0v) is 10.2. The molecule has 0 amide bonds. The van der Waals surface area contributed by atoms with Crippen molar-refractivity contribution in [1.82, 2.24) is 19.1 Å². The number of benzene rings is 1. The Morgan fingerprint density at radius 1 is 1.28 bits per heavy atom. The average Bonchev–Trinajstić information content (AvgIpc) is 2.97. The molecular weight excluding hydrogens is 226 g/mol. The minimum atomic E-state index is -0.136. The van der Waals surface area contributed by atoms with Crippen LogP contribution >= 0.6 is 0 Å². The third-order valence-corrected chi connectivity index (χ3v) is 3.11. The molecule has 5 heteroatoms. The molecule has 2 heterocycles. The van der Waals surface area contributed by atoms with Gasteiger partial charge in [0, 0.05) is 26.0 Å². The summed E-state index contributed by atoms with van der Waals surface area (Å²) in [6.45, 7) is 0.672. The van der Waals surface area contributed by atoms with Gasteiger partial charge in [0.2, 0.25) is 0 Å². The van der Waals surface area contributed by atoms with Crippen molar-refractivity contribution in [3.05, 3.63) is 48.8 Å². The molecule has 0 bridgehead atoms. The van der Waals surface area contributed by atoms with Crippen molar-refractivity contribution in [3.63, 3.8) is 0 Å². The van der Waals surface area contributed by atoms with Crippen LogP contribution in [-0.4, -0.2) is 19.1 Å². The number of hydrogen-bond donors (Lipinski definition) is 1. The number of aromatic nitrogens is 4. The quantitative estimate of drug-likeness (QED) is 0.755. The molecule has 1 unspecified atom stereocenters. The molecule has 3 aromatic rings. The van der Waals surface area contributed by atoms with Crippen LogP contribution < -0.4 is 5.73 Å². The van der Waals surface area contributed by atoms with E-state index in [1.807, 2.05) is 48.4 Å². The summed E-state index contributed by atoms with van der Waals surface area (Å²) < 4.78 is 4.01. The van der Waals surface area contributed by atoms with Gasteiger partial charge in [0.1, 0.15) is 5.82 Å². The lowest BCUT2D eigenvalue weighted by atomic mass is 10.2. The van der Waals surface area contributed by atoms with Gasteiger partial charge in [0.25, 0.3) is 0 Å². The van der Waals surface area contributed by atoms with Gasteiger partial charge < -0.3 is 14.9 Å². The lowest BCUT2D eigenvalue weighted by molar-refractivity contribution is 0.543. The molecule has 0 aliphatic heterocycles. The maximum absolute atomic E-state index is 6.19. The molecule has 0 saturated heterocycles. The van der Waals surface area contributed by atoms with Gasteiger partial charge >= 0.3 is 0 Å². The van der Waals surface area contributed by atoms with E-state index in [0.717, 1.165) is 16.9 Å². The van der Waals surface area contributed by atoms with Crippen LogP contribution in [0, 0.1) is 0 Å². The standard InChI is InChI=1S/C13H15N5/c1-17-7-6-15-13(17)10(14)8-18-9-16-11-4-2-3-5-12(11)18/h2-7,9-10H,8,14H2,1H3. The molecule has 0 aliphatic rings. The van der Waals surface area contributed by atoms with E-state index in [2.05, 4.69) is 14.5 Å². The number of imidazole rings is 2. The Hall–Kier alpha value is -2.14. The van der Waals surface area contributed by atoms with Gasteiger partial charge in [-0.25, -0.2) is 9.97 Å². The fourth-order valence-corrected chi connectivity index (χ4v) is 2.18. The average molecular weight is 241 g/mol. The summed E-state index contributed by atoms with van der Waals surface area (Å²) >= 11 is 0. The Bertz CT molecular complexity index is 667. The Morgan fingerprint density at radius 3 is 2.89 bits per heavy atom. The van der Waals surface area contributed by atoms with Crippen molar-refractivity contribution < 1.29 is 0 Å². The molecule has 0 saturated carbocycles. The van der Waals surface area contributed by atoms with Gasteiger partial charge in [-0.15, -0.1) is 0 Å². The molecule has 3 rings (SSSR count). The predicted octanol–water partition coefficient (Wildman–Crippen LogP) is 1.47. The topological polar surface area (TPSA) is 61.7 Å². The first-order valence-corrected chi connectivity index (χ1v) is 5.88. The zero-order valence-electron chi connectivity index (χ0n) is 10.2. The summed E-state index contributed by atoms with van der Waals surface area (Å²) in [5.74, 6) is 0.882. The van der Waals surface area contributed by atoms with Crippen LogP contribution in [0.5, 0.6) is 0 Å². The molecule has 1 atom stereocenters. The molecule has 2 N–H and O–H groups in total. The van der Waals surface area contributed by atoms with Crippen LogP contribution in [0.25, 0.3) is 11.0 Å². The van der Waals surface area contributed by atoms with Crippen LogP contribution in [0.2, 0.25) is 0 Å². The summed E-state index contributed by atoms with van der Waals surface area (Å²) in [5, 5.41) is 0. The van der Waals surface area contributed by atoms with Gasteiger partial charge in [-0.2, -0.15) is 0 Å². The normalized spacial score (nSPS) is 13.0. The third kappa shape index (κ3) is 1.78. The highest BCUT2D eigenvalue weighted by Gasteiger charge is 2.12. The van der Waals surface area contributed by atoms with E-state index < -0.39 is 0 Å². The number of nitrogens with zero attached hydrogens (tertiary/aromatic N) is 4. The minimum Gasteiger partial charge on any atom is -0.337 e. The van der Waals surface area contributed by atoms with E-state index in [-0.39, 0.29) is 6.04 Å². The molecule has 1 aromatic carbocycles. The highest BCUT2D eigenvalue weighted by molar-refractivity contribution is 5.74. The smallest absolute Gasteiger partial charge is 0.127 e. The van der Waals surface area contributed by atoms with E-state index in [4.69, 9.17) is 5.73 Å². The number of nitrogens with two attached hydrogens (primary N) is 1. The van der Waals surface area contributed by atoms with Crippen LogP contribution in [0.3, 0.4) is 0 Å². The minimum absolute atomic E-state index is 0.136. The number of aryl methyl sites for hydroxylation is 1. The van der Waals surface area contributed by atoms with Gasteiger partial charge in [0.15, 0.2) is 0 Å². The van der Waals surface area contributed by atoms with Crippen molar-refractivity contribution in [2.45, 2.75) is 12.6 Å². The summed E-state index contributed by atoms with van der Waals surface area (Å²) in [6, 6.07) is 7.90. The van der Waals surface area contributed by atoms with Crippen LogP contribution in [-0.2, 0) is 13.6 Å². The maximum Gasteiger partial charge on any atom is 0.127 e. The van der Waals surface area contributed by atoms with E-state index in [0.29, 0.717) is 6.54 Å². The molecular formula is C13H15N5. The Balaban J connectivity index is 1.91. The first kappa shape index (κ1) is 11.0. The Morgan fingerprint density at radius 2 is 2.11 bits per heavy atom. The monoisotopic (exact) mass is 241 g/mol. The highest BCUT2D eigenvalue weighted by Crippen LogP contribution is 2.16. The van der Waals surface area contributed by atoms with Gasteiger partial charge in [-0.05, 0) is 12.1 Å². The van der Waals surface area contributed by atoms with Gasteiger partial charge in [-0.3, -0.25) is 0 Å². The molecule has 18 heavy (non-hydrogen) atoms. The molecule has 0 aliphatic carbocycles. The van der Waals surface area contributed by atoms with E-state index in [9.17, 15) is 0 Å². The summed E-state index contributed by atoms with van der Waals surface area (Å²) in [4.78, 5) is 8.64. The Labute approximate surface area is 105 Å². The summed E-state index contributed by atoms with van der Waals surface area (Å²) in [7, 11) is 1.95. The third-order valence-electron chi connectivity index (χ3n) is 3.11. The summed E-state index contributed by atoms with van der Waals surface area (Å²) in [6.07, 6.45) is 5.50. The van der Waals surface area contributed by atoms with Crippen molar-refractivity contribution in [1.29, 1.82) is 0 Å². The number of hydrogen-bond acceptors (Lipinski definition) is 3. The van der Waals surface area contributed by atoms with E-state index in [1.54, 1.807) is 6.20 Å². The molecule has 0 fully saturated rings. The second-order valence-electron chi connectivity index (χ2n) is 4.39. The molecule has 5 nitrogen and oxygen atoms in total. The number of fused-ring (bicyclic) bond motifs is 1. The lowest BCUT2D eigenvalue weighted by Crippen LogP contribution is -2.20. The van der Waals surface area contributed by atoms with Crippen molar-refractivity contribution >= 4 is 11.0 Å². The van der Waals surface area contributed by atoms with Crippen LogP contribution in [0.1, 0.15) is 11.9 Å². The fourth-order valence-electron chi connectivity index (χ4n) is 2.18. The predicted molar refractivity (Wildman–Crippen MR) is 69.9 cm³/mol. The Kier molecular flexibility index (Phi) is 2.60. The van der Waals surface area contributed by atoms with Crippen molar-refractivity contribution in [3.8, 4) is 0 Å². The number of rotatable bonds is 3. The zero-order chi connectivity index (χ0) is 12.5. The largest absolute Gasteiger partial charge is 0.337 e. The SMILES string of the molecule is Cn1ccnc1C(N)Cn1cnc2ccccc21. The molecule has 0 radical (unpaired) electrons. The molecule has 92 valence electrons. The van der Waals surface area contributed by atoms with E-state index >= 15 is 0 Å². The first-order valence-electron chi connectivity index (χ1n) is 5.88. The van der Waals surface area contributed by atoms with Gasteiger partial charge in [0.05, 0.1) is 23.4 Å². The van der Waals surface area contributed by atoms with Crippen LogP contribution in [0.15, 0.2) is 43.0 Å². The molecule has 0 spiro atoms. The maximum atomic E-state index is 6.19. The second kappa shape index (κ2) is 4.27. The highest BCUT2D eigenvalue weighted by atomic mass is 15.1. The summed E-state index contributed by atoms with van der Waals surface area (Å²) in [5.41, 5.74) is 8.28. The van der Waals surface area contributed by atoms with Crippen LogP contribution in [0.4, 0.5) is 0 Å². The van der Waals surface area contributed by atoms with Crippen molar-refractivity contribution in [2.24, 2.45) is 12.8 Å². The van der Waals surface area contributed by atoms with E-state index in [1.165, 1.54) is 0 Å². The molecule has 2 aromatic heterocycles. The fraction of sp³-hybridized carbons (Fsp3) is 0.231. The first-order chi connectivity index (χ1) is 8.75.